The molecule has 0 radical (unpaired) electrons. The van der Waals surface area contributed by atoms with Crippen LogP contribution in [-0.4, -0.2) is 114 Å². The number of carbonyl (C=O) groups excluding carboxylic acids is 2. The zero-order valence-electron chi connectivity index (χ0n) is 42.7. The molecule has 4 saturated heterocycles. The Hall–Kier alpha value is -1.30. The average Bonchev–Trinajstić information content (AvgIpc) is 3.49. The molecule has 6 rings (SSSR count). The Kier molecular flexibility index (Phi) is 17.8. The first-order valence-electron chi connectivity index (χ1n) is 26.4. The molecule has 3 N–H and O–H groups in total. The monoisotopic (exact) mass is 887 g/mol. The van der Waals surface area contributed by atoms with E-state index in [1.807, 2.05) is 25.8 Å². The molecule has 2 atom stereocenters. The molecule has 0 aromatic rings. The van der Waals surface area contributed by atoms with Crippen LogP contribution in [0.2, 0.25) is 0 Å². The first-order valence-corrected chi connectivity index (χ1v) is 26.4. The van der Waals surface area contributed by atoms with Crippen LogP contribution in [0.3, 0.4) is 0 Å². The molecule has 63 heavy (non-hydrogen) atoms. The van der Waals surface area contributed by atoms with E-state index < -0.39 is 22.7 Å². The van der Waals surface area contributed by atoms with Crippen molar-refractivity contribution in [3.05, 3.63) is 0 Å². The minimum Gasteiger partial charge on any atom is -0.396 e. The largest absolute Gasteiger partial charge is 0.396 e. The van der Waals surface area contributed by atoms with E-state index in [0.717, 1.165) is 57.8 Å². The maximum atomic E-state index is 14.1. The maximum absolute atomic E-state index is 14.1. The normalized spacial score (nSPS) is 29.5. The van der Waals surface area contributed by atoms with Gasteiger partial charge in [-0.3, -0.25) is 14.5 Å². The Balaban J connectivity index is 0.000000238. The summed E-state index contributed by atoms with van der Waals surface area (Å²) in [7, 11) is 2.00. The van der Waals surface area contributed by atoms with Crippen LogP contribution < -0.4 is 5.32 Å². The van der Waals surface area contributed by atoms with Crippen LogP contribution in [0.25, 0.3) is 0 Å². The van der Waals surface area contributed by atoms with Gasteiger partial charge < -0.3 is 34.8 Å². The van der Waals surface area contributed by atoms with Gasteiger partial charge in [-0.05, 0) is 119 Å². The molecule has 0 aromatic carbocycles. The Labute approximate surface area is 386 Å². The first-order chi connectivity index (χ1) is 29.5. The number of ether oxygens (including phenoxy) is 2. The molecule has 4 aliphatic heterocycles. The molecule has 0 bridgehead atoms. The molecular formula is C53H98N4O6. The molecule has 6 aliphatic rings. The fourth-order valence-corrected chi connectivity index (χ4v) is 13.9. The predicted molar refractivity (Wildman–Crippen MR) is 256 cm³/mol. The number of aliphatic hydroxyl groups is 2. The Morgan fingerprint density at radius 1 is 0.571 bits per heavy atom. The third-order valence-electron chi connectivity index (χ3n) is 16.2. The van der Waals surface area contributed by atoms with E-state index in [0.29, 0.717) is 38.8 Å². The van der Waals surface area contributed by atoms with Crippen molar-refractivity contribution in [1.29, 1.82) is 0 Å². The summed E-state index contributed by atoms with van der Waals surface area (Å²) in [5.41, 5.74) is -3.27. The van der Waals surface area contributed by atoms with Crippen LogP contribution in [-0.2, 0) is 19.1 Å². The Morgan fingerprint density at radius 2 is 0.937 bits per heavy atom. The van der Waals surface area contributed by atoms with Crippen LogP contribution in [0.1, 0.15) is 243 Å². The van der Waals surface area contributed by atoms with Gasteiger partial charge in [-0.25, -0.2) is 0 Å². The number of piperidine rings is 2. The molecule has 10 nitrogen and oxygen atoms in total. The van der Waals surface area contributed by atoms with Gasteiger partial charge in [-0.15, -0.1) is 0 Å². The maximum Gasteiger partial charge on any atom is 0.257 e. The summed E-state index contributed by atoms with van der Waals surface area (Å²) in [6.45, 7) is 23.1. The fraction of sp³-hybridized carbons (Fsp3) is 0.962. The van der Waals surface area contributed by atoms with Crippen molar-refractivity contribution in [2.45, 2.75) is 294 Å². The van der Waals surface area contributed by atoms with Crippen molar-refractivity contribution in [2.24, 2.45) is 5.92 Å². The van der Waals surface area contributed by atoms with Crippen molar-refractivity contribution in [3.8, 4) is 0 Å². The zero-order valence-corrected chi connectivity index (χ0v) is 42.7. The standard InChI is InChI=1S/C27H50N2O3.C26H48N2O3/c1-7-22(30)19-29-24(2,3)20-26(21-25(29,4)5)23(31)28(6)27(32-26)17-15-13-11-9-8-10-12-14-16-18-27;1-21(18-29)17-28-22(30)25(19-23(2,3)27-24(4,5)20-25)31-26(28)15-13-11-9-7-6-8-10-12-14-16-26/h22,30H,7-21H2,1-6H3;21,27,29H,6-20H2,1-5H3. The lowest BCUT2D eigenvalue weighted by Gasteiger charge is -2.58. The van der Waals surface area contributed by atoms with Gasteiger partial charge in [-0.2, -0.15) is 0 Å². The van der Waals surface area contributed by atoms with E-state index in [-0.39, 0.29) is 52.6 Å². The lowest BCUT2D eigenvalue weighted by Crippen LogP contribution is -2.68. The summed E-state index contributed by atoms with van der Waals surface area (Å²) in [5.74, 6) is 0.410. The molecular weight excluding hydrogens is 789 g/mol. The minimum atomic E-state index is -0.759. The number of carbonyl (C=O) groups is 2. The van der Waals surface area contributed by atoms with E-state index >= 15 is 0 Å². The number of β-amino-alcohol motifs (C(OH)–C–C–N with tert-alkyl or cyclic N) is 1. The second-order valence-electron chi connectivity index (χ2n) is 24.4. The minimum absolute atomic E-state index is 0.0590. The zero-order chi connectivity index (χ0) is 46.4. The molecule has 4 heterocycles. The third kappa shape index (κ3) is 12.6. The quantitative estimate of drug-likeness (QED) is 0.242. The smallest absolute Gasteiger partial charge is 0.257 e. The van der Waals surface area contributed by atoms with E-state index in [9.17, 15) is 19.8 Å². The number of nitrogens with one attached hydrogen (secondary N) is 1. The summed E-state index contributed by atoms with van der Waals surface area (Å²) in [6.07, 6.45) is 29.6. The topological polar surface area (TPSA) is 115 Å². The van der Waals surface area contributed by atoms with Gasteiger partial charge in [0, 0.05) is 74.6 Å². The molecule has 2 saturated carbocycles. The molecule has 2 aliphatic carbocycles. The highest BCUT2D eigenvalue weighted by Crippen LogP contribution is 2.54. The lowest BCUT2D eigenvalue weighted by atomic mass is 9.70. The SMILES string of the molecule is CC(CO)CN1C(=O)C2(CC(C)(C)NC(C)(C)C2)OC12CCCCCCCCCCC2.CCC(O)CN1C(C)(C)CC2(CC1(C)C)OC1(CCCCCCCCCCC1)N(C)C2=O. The molecule has 6 fully saturated rings. The highest BCUT2D eigenvalue weighted by atomic mass is 16.6. The van der Waals surface area contributed by atoms with Crippen molar-refractivity contribution in [3.63, 3.8) is 0 Å². The highest BCUT2D eigenvalue weighted by molar-refractivity contribution is 5.89. The van der Waals surface area contributed by atoms with Crippen LogP contribution >= 0.6 is 0 Å². The summed E-state index contributed by atoms with van der Waals surface area (Å²) in [5, 5.41) is 24.0. The van der Waals surface area contributed by atoms with Crippen molar-refractivity contribution >= 4 is 11.8 Å². The van der Waals surface area contributed by atoms with Crippen LogP contribution in [0.15, 0.2) is 0 Å². The van der Waals surface area contributed by atoms with Gasteiger partial charge in [0.15, 0.2) is 11.2 Å². The van der Waals surface area contributed by atoms with E-state index in [4.69, 9.17) is 9.47 Å². The molecule has 366 valence electrons. The average molecular weight is 887 g/mol. The van der Waals surface area contributed by atoms with Gasteiger partial charge in [-0.1, -0.05) is 104 Å². The number of hydrogen-bond acceptors (Lipinski definition) is 8. The number of rotatable bonds is 6. The summed E-state index contributed by atoms with van der Waals surface area (Å²) >= 11 is 0. The summed E-state index contributed by atoms with van der Waals surface area (Å²) in [4.78, 5) is 34.6. The van der Waals surface area contributed by atoms with E-state index in [1.165, 1.54) is 89.9 Å². The van der Waals surface area contributed by atoms with Crippen LogP contribution in [0, 0.1) is 5.92 Å². The summed E-state index contributed by atoms with van der Waals surface area (Å²) in [6, 6.07) is 0. The summed E-state index contributed by atoms with van der Waals surface area (Å²) < 4.78 is 14.2. The fourth-order valence-electron chi connectivity index (χ4n) is 13.9. The number of likely N-dealkylation sites (N-methyl/N-ethyl adjacent to an activating group) is 1. The van der Waals surface area contributed by atoms with E-state index in [1.54, 1.807) is 0 Å². The second kappa shape index (κ2) is 21.3. The van der Waals surface area contributed by atoms with Crippen LogP contribution in [0.4, 0.5) is 0 Å². The van der Waals surface area contributed by atoms with Gasteiger partial charge in [0.25, 0.3) is 11.8 Å². The number of nitrogens with zero attached hydrogens (tertiary/aromatic N) is 3. The van der Waals surface area contributed by atoms with Crippen molar-refractivity contribution in [1.82, 2.24) is 20.0 Å². The number of amides is 2. The number of aliphatic hydroxyl groups excluding tert-OH is 2. The highest BCUT2D eigenvalue weighted by Gasteiger charge is 2.66. The van der Waals surface area contributed by atoms with Gasteiger partial charge in [0.1, 0.15) is 11.4 Å². The molecule has 2 amide bonds. The third-order valence-corrected chi connectivity index (χ3v) is 16.2. The second-order valence-corrected chi connectivity index (χ2v) is 24.4. The Bertz CT molecular complexity index is 1420. The molecule has 10 heteroatoms. The van der Waals surface area contributed by atoms with Crippen LogP contribution in [0.5, 0.6) is 0 Å². The van der Waals surface area contributed by atoms with Gasteiger partial charge in [0.05, 0.1) is 6.10 Å². The molecule has 4 spiro atoms. The first kappa shape index (κ1) is 52.7. The number of likely N-dealkylation sites (tertiary alicyclic amines) is 1. The number of hydrogen-bond donors (Lipinski definition) is 3. The van der Waals surface area contributed by atoms with E-state index in [2.05, 4.69) is 70.5 Å². The van der Waals surface area contributed by atoms with Gasteiger partial charge >= 0.3 is 0 Å². The molecule has 0 aromatic heterocycles. The van der Waals surface area contributed by atoms with Gasteiger partial charge in [0.2, 0.25) is 0 Å². The lowest BCUT2D eigenvalue weighted by molar-refractivity contribution is -0.201. The predicted octanol–water partition coefficient (Wildman–Crippen LogP) is 10.8. The molecule has 2 unspecified atom stereocenters. The Morgan fingerprint density at radius 3 is 1.33 bits per heavy atom. The van der Waals surface area contributed by atoms with Crippen molar-refractivity contribution < 1.29 is 29.3 Å². The van der Waals surface area contributed by atoms with Crippen molar-refractivity contribution in [2.75, 3.05) is 26.7 Å².